The number of nitriles is 1. The molecule has 0 saturated carbocycles. The number of nitrogens with zero attached hydrogens (tertiary/aromatic N) is 1. The molecule has 1 unspecified atom stereocenters. The van der Waals surface area contributed by atoms with Gasteiger partial charge in [0.25, 0.3) is 0 Å². The van der Waals surface area contributed by atoms with E-state index in [4.69, 9.17) is 5.26 Å². The molecule has 1 aliphatic rings. The molecular formula is C7H12N2. The van der Waals surface area contributed by atoms with Crippen molar-refractivity contribution in [3.63, 3.8) is 0 Å². The third-order valence-electron chi connectivity index (χ3n) is 2.03. The number of rotatable bonds is 0. The van der Waals surface area contributed by atoms with Crippen LogP contribution in [-0.4, -0.2) is 13.1 Å². The molecule has 0 spiro atoms. The van der Waals surface area contributed by atoms with Crippen LogP contribution in [-0.2, 0) is 0 Å². The average molecular weight is 124 g/mol. The lowest BCUT2D eigenvalue weighted by atomic mass is 9.83. The van der Waals surface area contributed by atoms with E-state index in [0.29, 0.717) is 0 Å². The first-order valence-electron chi connectivity index (χ1n) is 3.27. The largest absolute Gasteiger partial charge is 0.315 e. The fourth-order valence-electron chi connectivity index (χ4n) is 1.16. The maximum atomic E-state index is 8.61. The first-order valence-corrected chi connectivity index (χ1v) is 3.27. The molecule has 0 aromatic heterocycles. The lowest BCUT2D eigenvalue weighted by Gasteiger charge is -2.18. The Kier molecular flexibility index (Phi) is 1.46. The minimum Gasteiger partial charge on any atom is -0.315 e. The van der Waals surface area contributed by atoms with Crippen molar-refractivity contribution in [2.75, 3.05) is 13.1 Å². The van der Waals surface area contributed by atoms with Crippen molar-refractivity contribution in [2.45, 2.75) is 13.8 Å². The van der Waals surface area contributed by atoms with Crippen molar-refractivity contribution in [1.29, 1.82) is 5.26 Å². The Balaban J connectivity index is 2.65. The van der Waals surface area contributed by atoms with Crippen LogP contribution in [0, 0.1) is 22.7 Å². The van der Waals surface area contributed by atoms with Gasteiger partial charge in [0.1, 0.15) is 0 Å². The highest BCUT2D eigenvalue weighted by molar-refractivity contribution is 5.00. The topological polar surface area (TPSA) is 35.8 Å². The summed E-state index contributed by atoms with van der Waals surface area (Å²) < 4.78 is 0. The molecule has 1 heterocycles. The summed E-state index contributed by atoms with van der Waals surface area (Å²) in [6.07, 6.45) is 0. The molecule has 1 N–H and O–H groups in total. The summed E-state index contributed by atoms with van der Waals surface area (Å²) in [5.74, 6) is 0.206. The van der Waals surface area contributed by atoms with Gasteiger partial charge in [-0.05, 0) is 5.41 Å². The van der Waals surface area contributed by atoms with Crippen molar-refractivity contribution in [3.05, 3.63) is 0 Å². The Morgan fingerprint density at radius 1 is 1.67 bits per heavy atom. The zero-order valence-corrected chi connectivity index (χ0v) is 5.94. The Bertz CT molecular complexity index is 143. The SMILES string of the molecule is CC1(C)CNCC1C#N. The summed E-state index contributed by atoms with van der Waals surface area (Å²) in [4.78, 5) is 0. The number of nitrogens with one attached hydrogen (secondary N) is 1. The zero-order valence-electron chi connectivity index (χ0n) is 5.94. The molecule has 0 aromatic carbocycles. The van der Waals surface area contributed by atoms with Crippen molar-refractivity contribution in [1.82, 2.24) is 5.32 Å². The highest BCUT2D eigenvalue weighted by atomic mass is 14.9. The van der Waals surface area contributed by atoms with Gasteiger partial charge in [0.2, 0.25) is 0 Å². The van der Waals surface area contributed by atoms with Crippen LogP contribution >= 0.6 is 0 Å². The van der Waals surface area contributed by atoms with E-state index in [1.54, 1.807) is 0 Å². The maximum absolute atomic E-state index is 8.61. The third kappa shape index (κ3) is 1.06. The van der Waals surface area contributed by atoms with Crippen LogP contribution in [0.2, 0.25) is 0 Å². The van der Waals surface area contributed by atoms with Gasteiger partial charge in [-0.3, -0.25) is 0 Å². The second-order valence-electron chi connectivity index (χ2n) is 3.30. The molecule has 2 heteroatoms. The maximum Gasteiger partial charge on any atom is 0.0675 e. The van der Waals surface area contributed by atoms with Gasteiger partial charge in [0.15, 0.2) is 0 Å². The van der Waals surface area contributed by atoms with Gasteiger partial charge in [-0.25, -0.2) is 0 Å². The van der Waals surface area contributed by atoms with E-state index in [0.717, 1.165) is 13.1 Å². The van der Waals surface area contributed by atoms with Gasteiger partial charge in [-0.15, -0.1) is 0 Å². The van der Waals surface area contributed by atoms with Crippen molar-refractivity contribution in [3.8, 4) is 6.07 Å². The van der Waals surface area contributed by atoms with Gasteiger partial charge in [0, 0.05) is 13.1 Å². The molecule has 1 rings (SSSR count). The second kappa shape index (κ2) is 2.00. The van der Waals surface area contributed by atoms with E-state index >= 15 is 0 Å². The van der Waals surface area contributed by atoms with Gasteiger partial charge >= 0.3 is 0 Å². The molecule has 1 atom stereocenters. The van der Waals surface area contributed by atoms with Crippen LogP contribution in [0.25, 0.3) is 0 Å². The average Bonchev–Trinajstić information content (AvgIpc) is 2.08. The van der Waals surface area contributed by atoms with E-state index in [9.17, 15) is 0 Å². The summed E-state index contributed by atoms with van der Waals surface area (Å²) in [5, 5.41) is 11.8. The number of hydrogen-bond donors (Lipinski definition) is 1. The quantitative estimate of drug-likeness (QED) is 0.517. The first kappa shape index (κ1) is 6.57. The highest BCUT2D eigenvalue weighted by Gasteiger charge is 2.33. The van der Waals surface area contributed by atoms with Gasteiger partial charge in [-0.1, -0.05) is 13.8 Å². The van der Waals surface area contributed by atoms with Gasteiger partial charge < -0.3 is 5.32 Å². The van der Waals surface area contributed by atoms with Crippen molar-refractivity contribution < 1.29 is 0 Å². The summed E-state index contributed by atoms with van der Waals surface area (Å²) >= 11 is 0. The predicted octanol–water partition coefficient (Wildman–Crippen LogP) is 0.756. The minimum absolute atomic E-state index is 0.189. The molecule has 0 radical (unpaired) electrons. The van der Waals surface area contributed by atoms with Crippen LogP contribution in [0.4, 0.5) is 0 Å². The summed E-state index contributed by atoms with van der Waals surface area (Å²) in [6, 6.07) is 2.29. The Morgan fingerprint density at radius 3 is 2.56 bits per heavy atom. The Morgan fingerprint density at radius 2 is 2.33 bits per heavy atom. The zero-order chi connectivity index (χ0) is 6.91. The van der Waals surface area contributed by atoms with Gasteiger partial charge in [0.05, 0.1) is 12.0 Å². The minimum atomic E-state index is 0.189. The van der Waals surface area contributed by atoms with Crippen LogP contribution in [0.1, 0.15) is 13.8 Å². The van der Waals surface area contributed by atoms with Crippen molar-refractivity contribution in [2.24, 2.45) is 11.3 Å². The van der Waals surface area contributed by atoms with Crippen molar-refractivity contribution >= 4 is 0 Å². The molecule has 1 fully saturated rings. The fourth-order valence-corrected chi connectivity index (χ4v) is 1.16. The predicted molar refractivity (Wildman–Crippen MR) is 35.8 cm³/mol. The molecular weight excluding hydrogens is 112 g/mol. The summed E-state index contributed by atoms with van der Waals surface area (Å²) in [6.45, 7) is 6.09. The van der Waals surface area contributed by atoms with Crippen LogP contribution in [0.15, 0.2) is 0 Å². The molecule has 1 aliphatic heterocycles. The first-order chi connectivity index (χ1) is 4.17. The van der Waals surface area contributed by atoms with Gasteiger partial charge in [-0.2, -0.15) is 5.26 Å². The smallest absolute Gasteiger partial charge is 0.0675 e. The molecule has 1 saturated heterocycles. The lowest BCUT2D eigenvalue weighted by Crippen LogP contribution is -2.20. The molecule has 0 amide bonds. The number of hydrogen-bond acceptors (Lipinski definition) is 2. The highest BCUT2D eigenvalue weighted by Crippen LogP contribution is 2.28. The molecule has 9 heavy (non-hydrogen) atoms. The van der Waals surface area contributed by atoms with Crippen LogP contribution < -0.4 is 5.32 Å². The van der Waals surface area contributed by atoms with E-state index in [2.05, 4.69) is 25.2 Å². The van der Waals surface area contributed by atoms with E-state index in [1.165, 1.54) is 0 Å². The lowest BCUT2D eigenvalue weighted by molar-refractivity contribution is 0.347. The Hall–Kier alpha value is -0.550. The molecule has 2 nitrogen and oxygen atoms in total. The van der Waals surface area contributed by atoms with Crippen LogP contribution in [0.5, 0.6) is 0 Å². The molecule has 0 bridgehead atoms. The summed E-state index contributed by atoms with van der Waals surface area (Å²) in [5.41, 5.74) is 0.189. The molecule has 50 valence electrons. The fraction of sp³-hybridized carbons (Fsp3) is 0.857. The van der Waals surface area contributed by atoms with E-state index in [-0.39, 0.29) is 11.3 Å². The second-order valence-corrected chi connectivity index (χ2v) is 3.30. The standard InChI is InChI=1S/C7H12N2/c1-7(2)5-9-4-6(7)3-8/h6,9H,4-5H2,1-2H3. The van der Waals surface area contributed by atoms with E-state index in [1.807, 2.05) is 0 Å². The molecule has 0 aliphatic carbocycles. The normalized spacial score (nSPS) is 31.9. The van der Waals surface area contributed by atoms with Crippen LogP contribution in [0.3, 0.4) is 0 Å². The summed E-state index contributed by atoms with van der Waals surface area (Å²) in [7, 11) is 0. The molecule has 0 aromatic rings. The third-order valence-corrected chi connectivity index (χ3v) is 2.03. The van der Waals surface area contributed by atoms with E-state index < -0.39 is 0 Å². The monoisotopic (exact) mass is 124 g/mol. The Labute approximate surface area is 55.9 Å².